The molecule has 0 radical (unpaired) electrons. The molecule has 0 aliphatic carbocycles. The topological polar surface area (TPSA) is 69.0 Å². The van der Waals surface area contributed by atoms with Gasteiger partial charge in [-0.25, -0.2) is 0 Å². The van der Waals surface area contributed by atoms with E-state index in [0.29, 0.717) is 40.1 Å². The van der Waals surface area contributed by atoms with Gasteiger partial charge < -0.3 is 10.1 Å². The number of hydrogen-bond donors (Lipinski definition) is 1. The SMILES string of the molecule is CC(C)CCOc1cccc(C(=O)Nc2ccc3nn(-c4cccc(Cl)c4)nc3c2)c1. The van der Waals surface area contributed by atoms with Crippen LogP contribution in [0.5, 0.6) is 5.75 Å². The molecule has 4 rings (SSSR count). The summed E-state index contributed by atoms with van der Waals surface area (Å²) in [6.45, 7) is 4.93. The fraction of sp³-hybridized carbons (Fsp3) is 0.208. The summed E-state index contributed by atoms with van der Waals surface area (Å²) < 4.78 is 5.76. The van der Waals surface area contributed by atoms with Crippen molar-refractivity contribution in [3.63, 3.8) is 0 Å². The van der Waals surface area contributed by atoms with Crippen LogP contribution >= 0.6 is 11.6 Å². The zero-order chi connectivity index (χ0) is 21.8. The van der Waals surface area contributed by atoms with Gasteiger partial charge in [0, 0.05) is 16.3 Å². The summed E-state index contributed by atoms with van der Waals surface area (Å²) >= 11 is 6.06. The van der Waals surface area contributed by atoms with Crippen LogP contribution in [-0.2, 0) is 0 Å². The van der Waals surface area contributed by atoms with E-state index in [-0.39, 0.29) is 5.91 Å². The van der Waals surface area contributed by atoms with Crippen molar-refractivity contribution in [3.8, 4) is 11.4 Å². The van der Waals surface area contributed by atoms with Gasteiger partial charge in [0.05, 0.1) is 12.3 Å². The number of anilines is 1. The second-order valence-electron chi connectivity index (χ2n) is 7.69. The van der Waals surface area contributed by atoms with E-state index in [1.54, 1.807) is 36.4 Å². The molecule has 0 fully saturated rings. The summed E-state index contributed by atoms with van der Waals surface area (Å²) in [7, 11) is 0. The first kappa shape index (κ1) is 20.9. The van der Waals surface area contributed by atoms with Crippen LogP contribution in [0.4, 0.5) is 5.69 Å². The summed E-state index contributed by atoms with van der Waals surface area (Å²) in [4.78, 5) is 14.3. The molecular weight excluding hydrogens is 412 g/mol. The van der Waals surface area contributed by atoms with Crippen molar-refractivity contribution in [1.29, 1.82) is 0 Å². The van der Waals surface area contributed by atoms with Crippen LogP contribution in [0.1, 0.15) is 30.6 Å². The highest BCUT2D eigenvalue weighted by molar-refractivity contribution is 6.30. The number of nitrogens with one attached hydrogen (secondary N) is 1. The maximum absolute atomic E-state index is 12.7. The number of fused-ring (bicyclic) bond motifs is 1. The number of benzene rings is 3. The predicted octanol–water partition coefficient (Wildman–Crippen LogP) is 5.75. The maximum atomic E-state index is 12.7. The number of nitrogens with zero attached hydrogens (tertiary/aromatic N) is 3. The van der Waals surface area contributed by atoms with Crippen molar-refractivity contribution >= 4 is 34.2 Å². The van der Waals surface area contributed by atoms with Gasteiger partial charge in [0.2, 0.25) is 0 Å². The van der Waals surface area contributed by atoms with Crippen LogP contribution in [0, 0.1) is 5.92 Å². The van der Waals surface area contributed by atoms with Crippen LogP contribution in [0.3, 0.4) is 0 Å². The van der Waals surface area contributed by atoms with Crippen molar-refractivity contribution in [2.75, 3.05) is 11.9 Å². The highest BCUT2D eigenvalue weighted by Gasteiger charge is 2.10. The van der Waals surface area contributed by atoms with Crippen molar-refractivity contribution in [1.82, 2.24) is 15.0 Å². The molecule has 4 aromatic rings. The van der Waals surface area contributed by atoms with Crippen molar-refractivity contribution < 1.29 is 9.53 Å². The molecule has 0 saturated carbocycles. The van der Waals surface area contributed by atoms with Crippen molar-refractivity contribution in [3.05, 3.63) is 77.3 Å². The Morgan fingerprint density at radius 1 is 1.03 bits per heavy atom. The van der Waals surface area contributed by atoms with E-state index in [4.69, 9.17) is 16.3 Å². The minimum Gasteiger partial charge on any atom is -0.494 e. The smallest absolute Gasteiger partial charge is 0.255 e. The van der Waals surface area contributed by atoms with Crippen molar-refractivity contribution in [2.45, 2.75) is 20.3 Å². The molecule has 1 N–H and O–H groups in total. The third-order valence-corrected chi connectivity index (χ3v) is 4.97. The molecule has 0 saturated heterocycles. The van der Waals surface area contributed by atoms with Gasteiger partial charge in [-0.05, 0) is 66.9 Å². The number of hydrogen-bond acceptors (Lipinski definition) is 4. The van der Waals surface area contributed by atoms with Crippen LogP contribution in [0.25, 0.3) is 16.7 Å². The zero-order valence-electron chi connectivity index (χ0n) is 17.4. The zero-order valence-corrected chi connectivity index (χ0v) is 18.1. The standard InChI is InChI=1S/C24H23ClN4O2/c1-16(2)11-12-31-21-8-3-5-17(13-21)24(30)26-19-9-10-22-23(15-19)28-29(27-22)20-7-4-6-18(25)14-20/h3-10,13-16H,11-12H2,1-2H3,(H,26,30). The Labute approximate surface area is 185 Å². The number of rotatable bonds is 7. The van der Waals surface area contributed by atoms with E-state index in [0.717, 1.165) is 17.6 Å². The number of halogens is 1. The molecule has 31 heavy (non-hydrogen) atoms. The summed E-state index contributed by atoms with van der Waals surface area (Å²) in [6, 6.07) is 19.9. The molecule has 0 aliphatic rings. The molecule has 158 valence electrons. The first-order chi connectivity index (χ1) is 15.0. The summed E-state index contributed by atoms with van der Waals surface area (Å²) in [6.07, 6.45) is 0.965. The van der Waals surface area contributed by atoms with Crippen molar-refractivity contribution in [2.24, 2.45) is 5.92 Å². The van der Waals surface area contributed by atoms with Gasteiger partial charge in [-0.1, -0.05) is 37.6 Å². The van der Waals surface area contributed by atoms with Gasteiger partial charge in [0.15, 0.2) is 0 Å². The van der Waals surface area contributed by atoms with E-state index in [2.05, 4.69) is 29.4 Å². The number of amides is 1. The molecule has 7 heteroatoms. The molecule has 0 atom stereocenters. The van der Waals surface area contributed by atoms with Crippen LogP contribution < -0.4 is 10.1 Å². The first-order valence-electron chi connectivity index (χ1n) is 10.2. The van der Waals surface area contributed by atoms with E-state index in [9.17, 15) is 4.79 Å². The van der Waals surface area contributed by atoms with Gasteiger partial charge in [-0.3, -0.25) is 4.79 Å². The highest BCUT2D eigenvalue weighted by Crippen LogP contribution is 2.21. The minimum atomic E-state index is -0.212. The average Bonchev–Trinajstić information content (AvgIpc) is 3.17. The molecule has 3 aromatic carbocycles. The molecule has 0 aliphatic heterocycles. The molecule has 0 spiro atoms. The lowest BCUT2D eigenvalue weighted by molar-refractivity contribution is 0.102. The number of ether oxygens (including phenoxy) is 1. The molecule has 1 heterocycles. The minimum absolute atomic E-state index is 0.212. The normalized spacial score (nSPS) is 11.1. The Bertz CT molecular complexity index is 1220. The Morgan fingerprint density at radius 3 is 2.65 bits per heavy atom. The quantitative estimate of drug-likeness (QED) is 0.402. The Morgan fingerprint density at radius 2 is 1.84 bits per heavy atom. The monoisotopic (exact) mass is 434 g/mol. The van der Waals surface area contributed by atoms with Gasteiger partial charge in [-0.2, -0.15) is 4.80 Å². The Hall–Kier alpha value is -3.38. The largest absolute Gasteiger partial charge is 0.494 e. The predicted molar refractivity (Wildman–Crippen MR) is 123 cm³/mol. The van der Waals surface area contributed by atoms with Gasteiger partial charge in [-0.15, -0.1) is 10.2 Å². The molecule has 1 aromatic heterocycles. The van der Waals surface area contributed by atoms with E-state index < -0.39 is 0 Å². The second kappa shape index (κ2) is 9.18. The number of carbonyl (C=O) groups is 1. The second-order valence-corrected chi connectivity index (χ2v) is 8.12. The third kappa shape index (κ3) is 5.22. The fourth-order valence-electron chi connectivity index (χ4n) is 3.05. The van der Waals surface area contributed by atoms with Gasteiger partial charge >= 0.3 is 0 Å². The lowest BCUT2D eigenvalue weighted by Gasteiger charge is -2.10. The molecule has 0 bridgehead atoms. The lowest BCUT2D eigenvalue weighted by Crippen LogP contribution is -2.12. The molecular formula is C24H23ClN4O2. The molecule has 1 amide bonds. The van der Waals surface area contributed by atoms with Crippen LogP contribution in [0.2, 0.25) is 5.02 Å². The summed E-state index contributed by atoms with van der Waals surface area (Å²) in [5, 5.41) is 12.5. The summed E-state index contributed by atoms with van der Waals surface area (Å²) in [5.74, 6) is 1.04. The highest BCUT2D eigenvalue weighted by atomic mass is 35.5. The van der Waals surface area contributed by atoms with Gasteiger partial charge in [0.25, 0.3) is 5.91 Å². The summed E-state index contributed by atoms with van der Waals surface area (Å²) in [5.41, 5.74) is 3.33. The Balaban J connectivity index is 1.49. The number of carbonyl (C=O) groups excluding carboxylic acids is 1. The average molecular weight is 435 g/mol. The lowest BCUT2D eigenvalue weighted by atomic mass is 10.1. The third-order valence-electron chi connectivity index (χ3n) is 4.74. The van der Waals surface area contributed by atoms with E-state index in [1.807, 2.05) is 30.3 Å². The van der Waals surface area contributed by atoms with Crippen LogP contribution in [-0.4, -0.2) is 27.5 Å². The fourth-order valence-corrected chi connectivity index (χ4v) is 3.24. The van der Waals surface area contributed by atoms with Gasteiger partial charge in [0.1, 0.15) is 16.8 Å². The number of aromatic nitrogens is 3. The molecule has 6 nitrogen and oxygen atoms in total. The maximum Gasteiger partial charge on any atom is 0.255 e. The Kier molecular flexibility index (Phi) is 6.18. The van der Waals surface area contributed by atoms with Crippen LogP contribution in [0.15, 0.2) is 66.7 Å². The first-order valence-corrected chi connectivity index (χ1v) is 10.5. The van der Waals surface area contributed by atoms with E-state index >= 15 is 0 Å². The van der Waals surface area contributed by atoms with E-state index in [1.165, 1.54) is 4.80 Å². The molecule has 0 unspecified atom stereocenters.